The van der Waals surface area contributed by atoms with E-state index < -0.39 is 12.1 Å². The van der Waals surface area contributed by atoms with Crippen LogP contribution in [0.25, 0.3) is 0 Å². The highest BCUT2D eigenvalue weighted by Crippen LogP contribution is 2.15. The number of amides is 1. The summed E-state index contributed by atoms with van der Waals surface area (Å²) < 4.78 is 0. The van der Waals surface area contributed by atoms with Gasteiger partial charge in [-0.2, -0.15) is 0 Å². The normalized spacial score (nSPS) is 13.5. The van der Waals surface area contributed by atoms with E-state index in [0.717, 1.165) is 57.8 Å². The number of aliphatic hydroxyl groups excluding tert-OH is 2. The predicted molar refractivity (Wildman–Crippen MR) is 239 cm³/mol. The van der Waals surface area contributed by atoms with Gasteiger partial charge in [-0.15, -0.1) is 0 Å². The van der Waals surface area contributed by atoms with Crippen molar-refractivity contribution in [2.45, 2.75) is 244 Å². The molecule has 0 rings (SSSR count). The zero-order valence-electron chi connectivity index (χ0n) is 36.0. The minimum Gasteiger partial charge on any atom is -0.394 e. The molecule has 314 valence electrons. The molecule has 54 heavy (non-hydrogen) atoms. The zero-order valence-corrected chi connectivity index (χ0v) is 36.0. The first-order valence-electron chi connectivity index (χ1n) is 23.5. The van der Waals surface area contributed by atoms with Crippen molar-refractivity contribution in [3.05, 3.63) is 60.8 Å². The van der Waals surface area contributed by atoms with Crippen molar-refractivity contribution in [3.63, 3.8) is 0 Å². The van der Waals surface area contributed by atoms with Crippen LogP contribution in [-0.4, -0.2) is 34.9 Å². The lowest BCUT2D eigenvalue weighted by Crippen LogP contribution is -2.45. The molecule has 4 heteroatoms. The Kier molecular flexibility index (Phi) is 43.9. The maximum Gasteiger partial charge on any atom is 0.220 e. The topological polar surface area (TPSA) is 69.6 Å². The summed E-state index contributed by atoms with van der Waals surface area (Å²) in [6, 6.07) is -0.654. The van der Waals surface area contributed by atoms with Crippen molar-refractivity contribution < 1.29 is 15.0 Å². The first-order chi connectivity index (χ1) is 26.7. The van der Waals surface area contributed by atoms with E-state index in [2.05, 4.69) is 67.8 Å². The van der Waals surface area contributed by atoms with Gasteiger partial charge in [0.05, 0.1) is 18.8 Å². The highest BCUT2D eigenvalue weighted by Gasteiger charge is 2.17. The van der Waals surface area contributed by atoms with E-state index in [1.54, 1.807) is 6.08 Å². The summed E-state index contributed by atoms with van der Waals surface area (Å²) in [5, 5.41) is 23.0. The van der Waals surface area contributed by atoms with Crippen LogP contribution in [0.2, 0.25) is 0 Å². The molecule has 0 aromatic carbocycles. The summed E-state index contributed by atoms with van der Waals surface area (Å²) in [5.74, 6) is -0.0937. The molecule has 0 aromatic heterocycles. The molecule has 0 saturated heterocycles. The summed E-state index contributed by atoms with van der Waals surface area (Å²) >= 11 is 0. The highest BCUT2D eigenvalue weighted by atomic mass is 16.3. The van der Waals surface area contributed by atoms with Crippen LogP contribution in [0.3, 0.4) is 0 Å². The van der Waals surface area contributed by atoms with E-state index >= 15 is 0 Å². The lowest BCUT2D eigenvalue weighted by Gasteiger charge is -2.19. The van der Waals surface area contributed by atoms with Gasteiger partial charge >= 0.3 is 0 Å². The lowest BCUT2D eigenvalue weighted by atomic mass is 10.0. The van der Waals surface area contributed by atoms with E-state index in [0.29, 0.717) is 6.42 Å². The first kappa shape index (κ1) is 52.1. The Morgan fingerprint density at radius 2 is 0.796 bits per heavy atom. The number of rotatable bonds is 42. The van der Waals surface area contributed by atoms with Gasteiger partial charge in [0.2, 0.25) is 5.91 Å². The fourth-order valence-corrected chi connectivity index (χ4v) is 6.81. The van der Waals surface area contributed by atoms with Gasteiger partial charge < -0.3 is 15.5 Å². The molecule has 1 amide bonds. The molecule has 0 spiro atoms. The van der Waals surface area contributed by atoms with Gasteiger partial charge in [0.25, 0.3) is 0 Å². The van der Waals surface area contributed by atoms with E-state index in [1.165, 1.54) is 154 Å². The van der Waals surface area contributed by atoms with Crippen LogP contribution >= 0.6 is 0 Å². The molecule has 4 nitrogen and oxygen atoms in total. The monoisotopic (exact) mass is 754 g/mol. The highest BCUT2D eigenvalue weighted by molar-refractivity contribution is 5.76. The van der Waals surface area contributed by atoms with Crippen molar-refractivity contribution in [2.24, 2.45) is 0 Å². The van der Waals surface area contributed by atoms with Crippen LogP contribution in [-0.2, 0) is 4.79 Å². The number of hydrogen-bond donors (Lipinski definition) is 3. The molecule has 0 heterocycles. The third kappa shape index (κ3) is 41.3. The van der Waals surface area contributed by atoms with Crippen molar-refractivity contribution in [2.75, 3.05) is 6.61 Å². The Labute approximate surface area is 336 Å². The van der Waals surface area contributed by atoms with Crippen molar-refractivity contribution in [1.29, 1.82) is 0 Å². The molecule has 0 fully saturated rings. The summed E-state index contributed by atoms with van der Waals surface area (Å²) in [7, 11) is 0. The Morgan fingerprint density at radius 1 is 0.444 bits per heavy atom. The Morgan fingerprint density at radius 3 is 1.24 bits per heavy atom. The maximum atomic E-state index is 12.4. The van der Waals surface area contributed by atoms with E-state index in [1.807, 2.05) is 6.08 Å². The van der Waals surface area contributed by atoms with E-state index in [4.69, 9.17) is 0 Å². The smallest absolute Gasteiger partial charge is 0.220 e. The van der Waals surface area contributed by atoms with E-state index in [9.17, 15) is 15.0 Å². The minimum atomic E-state index is -0.878. The molecule has 0 bridgehead atoms. The SMILES string of the molecule is CCCC/C=C\C/C=C\CCCCCCCC(=O)NC(CO)C(O)/C=C/CC/C=C/CC/C=C/CCCCCCCCCCCCCCCCCCCC. The largest absolute Gasteiger partial charge is 0.394 e. The van der Waals surface area contributed by atoms with Crippen LogP contribution in [0, 0.1) is 0 Å². The second-order valence-corrected chi connectivity index (χ2v) is 15.8. The Hall–Kier alpha value is -1.91. The molecule has 0 saturated carbocycles. The fourth-order valence-electron chi connectivity index (χ4n) is 6.81. The third-order valence-corrected chi connectivity index (χ3v) is 10.5. The number of nitrogens with one attached hydrogen (secondary N) is 1. The minimum absolute atomic E-state index is 0.0937. The van der Waals surface area contributed by atoms with Gasteiger partial charge in [0.1, 0.15) is 0 Å². The van der Waals surface area contributed by atoms with Gasteiger partial charge in [-0.25, -0.2) is 0 Å². The summed E-state index contributed by atoms with van der Waals surface area (Å²) in [4.78, 5) is 12.4. The number of carbonyl (C=O) groups is 1. The number of unbranched alkanes of at least 4 members (excludes halogenated alkanes) is 27. The molecule has 0 aromatic rings. The molecule has 0 aliphatic carbocycles. The molecular weight excluding hydrogens is 663 g/mol. The zero-order chi connectivity index (χ0) is 39.3. The third-order valence-electron chi connectivity index (χ3n) is 10.5. The predicted octanol–water partition coefficient (Wildman–Crippen LogP) is 14.9. The second-order valence-electron chi connectivity index (χ2n) is 15.8. The van der Waals surface area contributed by atoms with Gasteiger partial charge in [-0.1, -0.05) is 216 Å². The molecule has 0 aliphatic heterocycles. The quantitative estimate of drug-likeness (QED) is 0.0429. The molecule has 0 aliphatic rings. The van der Waals surface area contributed by atoms with Crippen LogP contribution in [0.4, 0.5) is 0 Å². The fraction of sp³-hybridized carbons (Fsp3) is 0.780. The summed E-state index contributed by atoms with van der Waals surface area (Å²) in [5.41, 5.74) is 0. The molecular formula is C50H91NO3. The van der Waals surface area contributed by atoms with Crippen LogP contribution in [0.1, 0.15) is 232 Å². The molecule has 3 N–H and O–H groups in total. The van der Waals surface area contributed by atoms with Gasteiger partial charge in [-0.3, -0.25) is 4.79 Å². The molecule has 2 atom stereocenters. The summed E-state index contributed by atoms with van der Waals surface area (Å²) in [6.45, 7) is 4.25. The van der Waals surface area contributed by atoms with E-state index in [-0.39, 0.29) is 12.5 Å². The van der Waals surface area contributed by atoms with Crippen molar-refractivity contribution >= 4 is 5.91 Å². The van der Waals surface area contributed by atoms with Crippen LogP contribution in [0.15, 0.2) is 60.8 Å². The van der Waals surface area contributed by atoms with Crippen LogP contribution < -0.4 is 5.32 Å². The van der Waals surface area contributed by atoms with Gasteiger partial charge in [-0.05, 0) is 70.6 Å². The number of carbonyl (C=O) groups excluding carboxylic acids is 1. The average Bonchev–Trinajstić information content (AvgIpc) is 3.18. The van der Waals surface area contributed by atoms with Crippen molar-refractivity contribution in [1.82, 2.24) is 5.32 Å². The first-order valence-corrected chi connectivity index (χ1v) is 23.5. The van der Waals surface area contributed by atoms with Crippen LogP contribution in [0.5, 0.6) is 0 Å². The van der Waals surface area contributed by atoms with Gasteiger partial charge in [0, 0.05) is 6.42 Å². The number of allylic oxidation sites excluding steroid dienone is 9. The number of aliphatic hydroxyl groups is 2. The Bertz CT molecular complexity index is 904. The molecule has 0 radical (unpaired) electrons. The second kappa shape index (κ2) is 45.5. The summed E-state index contributed by atoms with van der Waals surface area (Å²) in [6.07, 6.45) is 63.5. The standard InChI is InChI=1S/C50H91NO3/c1-3-5-7-9-11-13-15-17-19-20-21-22-23-24-25-26-27-28-29-30-31-32-33-35-37-39-41-43-45-49(53)48(47-52)51-50(54)46-44-42-40-38-36-34-18-16-14-12-10-8-6-4-2/h10,12,16,18,30-31,35,37,43,45,48-49,52-53H,3-9,11,13-15,17,19-29,32-34,36,38-42,44,46-47H2,1-2H3,(H,51,54)/b12-10-,18-16-,31-30+,37-35+,45-43+. The molecule has 2 unspecified atom stereocenters. The average molecular weight is 754 g/mol. The lowest BCUT2D eigenvalue weighted by molar-refractivity contribution is -0.123. The maximum absolute atomic E-state index is 12.4. The van der Waals surface area contributed by atoms with Gasteiger partial charge in [0.15, 0.2) is 0 Å². The number of hydrogen-bond acceptors (Lipinski definition) is 3. The van der Waals surface area contributed by atoms with Crippen molar-refractivity contribution in [3.8, 4) is 0 Å². The Balaban J connectivity index is 3.61.